The van der Waals surface area contributed by atoms with Crippen molar-refractivity contribution in [3.63, 3.8) is 0 Å². The summed E-state index contributed by atoms with van der Waals surface area (Å²) in [6.07, 6.45) is 0.415. The lowest BCUT2D eigenvalue weighted by atomic mass is 9.85. The van der Waals surface area contributed by atoms with Gasteiger partial charge in [0.2, 0.25) is 5.90 Å². The van der Waals surface area contributed by atoms with E-state index in [1.807, 2.05) is 79.7 Å². The molecule has 6 rings (SSSR count). The van der Waals surface area contributed by atoms with E-state index in [-0.39, 0.29) is 18.6 Å². The van der Waals surface area contributed by atoms with Crippen molar-refractivity contribution in [1.82, 2.24) is 5.32 Å². The number of aliphatic hydroxyl groups excluding tert-OH is 1. The number of nitrogens with zero attached hydrogens (tertiary/aromatic N) is 1. The van der Waals surface area contributed by atoms with Crippen LogP contribution in [0.4, 0.5) is 0 Å². The molecule has 4 aromatic rings. The summed E-state index contributed by atoms with van der Waals surface area (Å²) in [5, 5.41) is 12.4. The molecule has 0 saturated heterocycles. The molecule has 0 aromatic heterocycles. The van der Waals surface area contributed by atoms with E-state index in [1.165, 1.54) is 0 Å². The third-order valence-electron chi connectivity index (χ3n) is 7.85. The van der Waals surface area contributed by atoms with E-state index in [2.05, 4.69) is 45.5 Å². The summed E-state index contributed by atoms with van der Waals surface area (Å²) < 4.78 is 12.9. The summed E-state index contributed by atoms with van der Waals surface area (Å²) in [4.78, 5) is 19.5. The highest BCUT2D eigenvalue weighted by Crippen LogP contribution is 2.44. The van der Waals surface area contributed by atoms with E-state index >= 15 is 0 Å². The molecule has 0 unspecified atom stereocenters. The van der Waals surface area contributed by atoms with Crippen molar-refractivity contribution in [1.29, 1.82) is 0 Å². The van der Waals surface area contributed by atoms with Crippen molar-refractivity contribution in [3.8, 4) is 16.9 Å². The van der Waals surface area contributed by atoms with E-state index in [9.17, 15) is 4.79 Å². The molecule has 1 heterocycles. The Kier molecular flexibility index (Phi) is 7.65. The van der Waals surface area contributed by atoms with Crippen molar-refractivity contribution < 1.29 is 19.4 Å². The van der Waals surface area contributed by atoms with Crippen LogP contribution in [-0.4, -0.2) is 41.8 Å². The van der Waals surface area contributed by atoms with Crippen molar-refractivity contribution >= 4 is 27.7 Å². The summed E-state index contributed by atoms with van der Waals surface area (Å²) in [6.45, 7) is 2.43. The standard InChI is InChI=1S/C34H31BrN2O4/c1-22-34(21-24-9-2-7-14-30(24)35,37-32(41-22)23-15-17-25(18-16-23)40-20-8-19-38)33(39)36-31-28-12-5-3-10-26(28)27-11-4-6-13-29(27)31/h2-7,9-18,22,31,38H,8,19-21H2,1H3,(H,36,39)/t22-,34-/m1/s1. The van der Waals surface area contributed by atoms with Gasteiger partial charge in [-0.05, 0) is 65.1 Å². The van der Waals surface area contributed by atoms with E-state index < -0.39 is 11.6 Å². The molecule has 1 amide bonds. The van der Waals surface area contributed by atoms with Crippen LogP contribution in [0.1, 0.15) is 41.6 Å². The number of halogens is 1. The molecule has 0 saturated carbocycles. The largest absolute Gasteiger partial charge is 0.494 e. The summed E-state index contributed by atoms with van der Waals surface area (Å²) in [6, 6.07) is 31.5. The first kappa shape index (κ1) is 27.2. The lowest BCUT2D eigenvalue weighted by molar-refractivity contribution is -0.128. The number of fused-ring (bicyclic) bond motifs is 3. The van der Waals surface area contributed by atoms with Gasteiger partial charge in [0.05, 0.1) is 12.6 Å². The minimum absolute atomic E-state index is 0.0837. The Hall–Kier alpha value is -3.94. The second kappa shape index (κ2) is 11.5. The highest BCUT2D eigenvalue weighted by Gasteiger charge is 2.51. The third-order valence-corrected chi connectivity index (χ3v) is 8.63. The van der Waals surface area contributed by atoms with Gasteiger partial charge in [-0.25, -0.2) is 4.99 Å². The first-order valence-electron chi connectivity index (χ1n) is 13.8. The van der Waals surface area contributed by atoms with Crippen molar-refractivity contribution in [2.75, 3.05) is 13.2 Å². The molecule has 2 N–H and O–H groups in total. The minimum atomic E-state index is -1.19. The normalized spacial score (nSPS) is 19.2. The highest BCUT2D eigenvalue weighted by atomic mass is 79.9. The average Bonchev–Trinajstić information content (AvgIpc) is 3.50. The number of hydrogen-bond donors (Lipinski definition) is 2. The van der Waals surface area contributed by atoms with Gasteiger partial charge in [0.15, 0.2) is 5.54 Å². The number of hydrogen-bond acceptors (Lipinski definition) is 5. The minimum Gasteiger partial charge on any atom is -0.494 e. The molecule has 41 heavy (non-hydrogen) atoms. The molecular weight excluding hydrogens is 580 g/mol. The van der Waals surface area contributed by atoms with Crippen LogP contribution in [0.5, 0.6) is 5.75 Å². The number of ether oxygens (including phenoxy) is 2. The van der Waals surface area contributed by atoms with Gasteiger partial charge in [-0.3, -0.25) is 4.79 Å². The SMILES string of the molecule is C[C@H]1OC(c2ccc(OCCCO)cc2)=N[C@@]1(Cc1ccccc1Br)C(=O)NC1c2ccccc2-c2ccccc21. The third kappa shape index (κ3) is 5.16. The first-order chi connectivity index (χ1) is 20.0. The highest BCUT2D eigenvalue weighted by molar-refractivity contribution is 9.10. The van der Waals surface area contributed by atoms with Crippen LogP contribution < -0.4 is 10.1 Å². The van der Waals surface area contributed by atoms with Crippen LogP contribution >= 0.6 is 15.9 Å². The molecule has 0 radical (unpaired) electrons. The van der Waals surface area contributed by atoms with Crippen LogP contribution in [0.3, 0.4) is 0 Å². The number of aliphatic hydroxyl groups is 1. The van der Waals surface area contributed by atoms with Gasteiger partial charge in [0.1, 0.15) is 11.9 Å². The quantitative estimate of drug-likeness (QED) is 0.220. The van der Waals surface area contributed by atoms with Gasteiger partial charge in [0, 0.05) is 29.5 Å². The number of aliphatic imine (C=N–C) groups is 1. The fraction of sp³-hybridized carbons (Fsp3) is 0.235. The van der Waals surface area contributed by atoms with Crippen molar-refractivity contribution in [2.24, 2.45) is 4.99 Å². The molecule has 0 fully saturated rings. The van der Waals surface area contributed by atoms with Gasteiger partial charge in [-0.1, -0.05) is 82.7 Å². The predicted octanol–water partition coefficient (Wildman–Crippen LogP) is 6.24. The average molecular weight is 612 g/mol. The Morgan fingerprint density at radius 3 is 2.24 bits per heavy atom. The zero-order valence-electron chi connectivity index (χ0n) is 22.7. The van der Waals surface area contributed by atoms with Crippen LogP contribution in [0.25, 0.3) is 11.1 Å². The Bertz CT molecular complexity index is 1560. The number of rotatable bonds is 9. The van der Waals surface area contributed by atoms with Crippen LogP contribution in [0.15, 0.2) is 107 Å². The van der Waals surface area contributed by atoms with Gasteiger partial charge >= 0.3 is 0 Å². The molecular formula is C34H31BrN2O4. The molecule has 1 aliphatic carbocycles. The second-order valence-corrected chi connectivity index (χ2v) is 11.3. The molecule has 1 aliphatic heterocycles. The number of amides is 1. The number of carbonyl (C=O) groups excluding carboxylic acids is 1. The molecule has 2 atom stereocenters. The lowest BCUT2D eigenvalue weighted by Crippen LogP contribution is -2.53. The lowest BCUT2D eigenvalue weighted by Gasteiger charge is -2.30. The summed E-state index contributed by atoms with van der Waals surface area (Å²) in [7, 11) is 0. The van der Waals surface area contributed by atoms with Crippen molar-refractivity contribution in [3.05, 3.63) is 124 Å². The van der Waals surface area contributed by atoms with Gasteiger partial charge in [-0.2, -0.15) is 0 Å². The van der Waals surface area contributed by atoms with E-state index in [1.54, 1.807) is 0 Å². The maximum atomic E-state index is 14.5. The molecule has 0 bridgehead atoms. The maximum absolute atomic E-state index is 14.5. The number of carbonyl (C=O) groups is 1. The topological polar surface area (TPSA) is 80.2 Å². The van der Waals surface area contributed by atoms with Crippen LogP contribution in [0.2, 0.25) is 0 Å². The zero-order valence-corrected chi connectivity index (χ0v) is 24.3. The fourth-order valence-electron chi connectivity index (χ4n) is 5.64. The van der Waals surface area contributed by atoms with Crippen molar-refractivity contribution in [2.45, 2.75) is 37.5 Å². The molecule has 4 aromatic carbocycles. The van der Waals surface area contributed by atoms with Gasteiger partial charge in [0.25, 0.3) is 5.91 Å². The summed E-state index contributed by atoms with van der Waals surface area (Å²) in [5.74, 6) is 0.940. The maximum Gasteiger partial charge on any atom is 0.253 e. The summed E-state index contributed by atoms with van der Waals surface area (Å²) in [5.41, 5.74) is 4.97. The Labute approximate surface area is 248 Å². The Balaban J connectivity index is 1.36. The van der Waals surface area contributed by atoms with Crippen LogP contribution in [0, 0.1) is 0 Å². The Morgan fingerprint density at radius 1 is 0.951 bits per heavy atom. The molecule has 7 heteroatoms. The van der Waals surface area contributed by atoms with E-state index in [0.717, 1.165) is 37.9 Å². The monoisotopic (exact) mass is 610 g/mol. The first-order valence-corrected chi connectivity index (χ1v) is 14.6. The molecule has 208 valence electrons. The fourth-order valence-corrected chi connectivity index (χ4v) is 6.07. The molecule has 2 aliphatic rings. The number of nitrogens with one attached hydrogen (secondary N) is 1. The van der Waals surface area contributed by atoms with Gasteiger partial charge < -0.3 is 19.9 Å². The van der Waals surface area contributed by atoms with Gasteiger partial charge in [-0.15, -0.1) is 0 Å². The van der Waals surface area contributed by atoms with Crippen LogP contribution in [-0.2, 0) is 16.0 Å². The number of benzene rings is 4. The Morgan fingerprint density at radius 2 is 1.59 bits per heavy atom. The second-order valence-electron chi connectivity index (χ2n) is 10.4. The molecule has 6 nitrogen and oxygen atoms in total. The predicted molar refractivity (Wildman–Crippen MR) is 163 cm³/mol. The smallest absolute Gasteiger partial charge is 0.253 e. The molecule has 0 spiro atoms. The van der Waals surface area contributed by atoms with E-state index in [4.69, 9.17) is 19.6 Å². The van der Waals surface area contributed by atoms with E-state index in [0.29, 0.717) is 31.1 Å². The zero-order chi connectivity index (χ0) is 28.4. The summed E-state index contributed by atoms with van der Waals surface area (Å²) >= 11 is 3.67.